The maximum Gasteiger partial charge on any atom is 0.118 e. The van der Waals surface area contributed by atoms with Crippen molar-refractivity contribution in [2.75, 3.05) is 12.0 Å². The summed E-state index contributed by atoms with van der Waals surface area (Å²) in [5.74, 6) is 0.856. The first kappa shape index (κ1) is 22.7. The second-order valence-corrected chi connectivity index (χ2v) is 9.13. The first-order valence-electron chi connectivity index (χ1n) is 11.6. The quantitative estimate of drug-likeness (QED) is 0.233. The van der Waals surface area contributed by atoms with Crippen LogP contribution < -0.4 is 9.64 Å². The van der Waals surface area contributed by atoms with E-state index in [1.54, 1.807) is 18.4 Å². The highest BCUT2D eigenvalue weighted by Gasteiger charge is 2.19. The number of rotatable bonds is 7. The lowest BCUT2D eigenvalue weighted by Gasteiger charge is -2.29. The number of benzene rings is 4. The Hall–Kier alpha value is -4.08. The molecule has 3 heteroatoms. The minimum absolute atomic E-state index is 0.856. The first-order chi connectivity index (χ1) is 17.2. The fourth-order valence-electron chi connectivity index (χ4n) is 4.24. The number of aryl methyl sites for hydroxylation is 1. The van der Waals surface area contributed by atoms with Crippen LogP contribution in [0.2, 0.25) is 0 Å². The summed E-state index contributed by atoms with van der Waals surface area (Å²) in [5, 5.41) is 4.25. The third-order valence-corrected chi connectivity index (χ3v) is 6.74. The van der Waals surface area contributed by atoms with Gasteiger partial charge in [-0.25, -0.2) is 0 Å². The molecule has 0 saturated carbocycles. The molecule has 5 rings (SSSR count). The number of ether oxygens (including phenoxy) is 1. The van der Waals surface area contributed by atoms with E-state index in [0.717, 1.165) is 22.7 Å². The van der Waals surface area contributed by atoms with Crippen LogP contribution in [0.1, 0.15) is 16.7 Å². The molecule has 0 aliphatic heterocycles. The van der Waals surface area contributed by atoms with Gasteiger partial charge < -0.3 is 9.64 Å². The monoisotopic (exact) mass is 473 g/mol. The summed E-state index contributed by atoms with van der Waals surface area (Å²) in [6, 6.07) is 36.2. The Balaban J connectivity index is 1.60. The minimum Gasteiger partial charge on any atom is -0.497 e. The molecule has 5 aromatic rings. The molecule has 0 aliphatic carbocycles. The van der Waals surface area contributed by atoms with Crippen molar-refractivity contribution in [3.8, 4) is 16.9 Å². The summed E-state index contributed by atoms with van der Waals surface area (Å²) in [6.45, 7) is 2.18. The van der Waals surface area contributed by atoms with Crippen molar-refractivity contribution in [1.82, 2.24) is 0 Å². The highest BCUT2D eigenvalue weighted by atomic mass is 32.1. The van der Waals surface area contributed by atoms with E-state index in [2.05, 4.69) is 126 Å². The van der Waals surface area contributed by atoms with Crippen LogP contribution in [0.25, 0.3) is 23.3 Å². The zero-order chi connectivity index (χ0) is 24.0. The van der Waals surface area contributed by atoms with E-state index in [9.17, 15) is 0 Å². The Morgan fingerprint density at radius 2 is 1.40 bits per heavy atom. The van der Waals surface area contributed by atoms with Crippen molar-refractivity contribution in [3.05, 3.63) is 131 Å². The molecule has 0 aliphatic rings. The van der Waals surface area contributed by atoms with Crippen LogP contribution in [0.4, 0.5) is 17.1 Å². The fourth-order valence-corrected chi connectivity index (χ4v) is 4.87. The third-order valence-electron chi connectivity index (χ3n) is 6.04. The van der Waals surface area contributed by atoms with Crippen LogP contribution >= 0.6 is 11.3 Å². The van der Waals surface area contributed by atoms with Crippen molar-refractivity contribution in [2.45, 2.75) is 6.92 Å². The average Bonchev–Trinajstić information content (AvgIpc) is 3.44. The summed E-state index contributed by atoms with van der Waals surface area (Å²) in [6.07, 6.45) is 4.32. The van der Waals surface area contributed by atoms with Gasteiger partial charge >= 0.3 is 0 Å². The van der Waals surface area contributed by atoms with E-state index in [1.165, 1.54) is 27.9 Å². The van der Waals surface area contributed by atoms with E-state index in [1.807, 2.05) is 12.1 Å². The third kappa shape index (κ3) is 5.06. The number of methoxy groups -OCH3 is 1. The van der Waals surface area contributed by atoms with Crippen LogP contribution in [0, 0.1) is 6.92 Å². The van der Waals surface area contributed by atoms with Gasteiger partial charge in [-0.2, -0.15) is 11.3 Å². The molecule has 0 spiro atoms. The van der Waals surface area contributed by atoms with Gasteiger partial charge in [-0.15, -0.1) is 0 Å². The average molecular weight is 474 g/mol. The number of nitrogens with zero attached hydrogens (tertiary/aromatic N) is 1. The highest BCUT2D eigenvalue weighted by molar-refractivity contribution is 7.08. The van der Waals surface area contributed by atoms with Crippen LogP contribution in [0.3, 0.4) is 0 Å². The second-order valence-electron chi connectivity index (χ2n) is 8.35. The predicted molar refractivity (Wildman–Crippen MR) is 151 cm³/mol. The van der Waals surface area contributed by atoms with Gasteiger partial charge in [0.25, 0.3) is 0 Å². The second kappa shape index (κ2) is 10.5. The Morgan fingerprint density at radius 1 is 0.686 bits per heavy atom. The van der Waals surface area contributed by atoms with E-state index >= 15 is 0 Å². The molecule has 1 aromatic heterocycles. The van der Waals surface area contributed by atoms with Gasteiger partial charge in [0.2, 0.25) is 0 Å². The number of hydrogen-bond acceptors (Lipinski definition) is 3. The van der Waals surface area contributed by atoms with Gasteiger partial charge in [0.05, 0.1) is 12.8 Å². The van der Waals surface area contributed by atoms with Crippen molar-refractivity contribution in [2.24, 2.45) is 0 Å². The topological polar surface area (TPSA) is 12.5 Å². The molecule has 172 valence electrons. The summed E-state index contributed by atoms with van der Waals surface area (Å²) < 4.78 is 5.38. The van der Waals surface area contributed by atoms with Crippen LogP contribution in [0.15, 0.2) is 114 Å². The lowest BCUT2D eigenvalue weighted by Crippen LogP contribution is -2.12. The fraction of sp³-hybridized carbons (Fsp3) is 0.0625. The van der Waals surface area contributed by atoms with Gasteiger partial charge in [-0.1, -0.05) is 72.8 Å². The van der Waals surface area contributed by atoms with Crippen molar-refractivity contribution < 1.29 is 4.74 Å². The first-order valence-corrected chi connectivity index (χ1v) is 12.6. The van der Waals surface area contributed by atoms with Crippen LogP contribution in [-0.2, 0) is 0 Å². The lowest BCUT2D eigenvalue weighted by molar-refractivity contribution is 0.415. The normalized spacial score (nSPS) is 11.0. The van der Waals surface area contributed by atoms with E-state index < -0.39 is 0 Å². The molecule has 0 amide bonds. The smallest absolute Gasteiger partial charge is 0.118 e. The SMILES string of the molecule is COc1ccc(-c2cccc(C)c2N(c2ccccc2)c2ccc(C=Cc3ccsc3)cc2)cc1. The predicted octanol–water partition coefficient (Wildman–Crippen LogP) is 9.37. The lowest BCUT2D eigenvalue weighted by atomic mass is 9.98. The highest BCUT2D eigenvalue weighted by Crippen LogP contribution is 2.43. The van der Waals surface area contributed by atoms with Crippen molar-refractivity contribution in [1.29, 1.82) is 0 Å². The Morgan fingerprint density at radius 3 is 2.09 bits per heavy atom. The number of hydrogen-bond donors (Lipinski definition) is 0. The molecule has 0 bridgehead atoms. The van der Waals surface area contributed by atoms with Gasteiger partial charge in [-0.3, -0.25) is 0 Å². The van der Waals surface area contributed by atoms with Crippen LogP contribution in [0.5, 0.6) is 5.75 Å². The molecule has 0 unspecified atom stereocenters. The molecule has 1 heterocycles. The largest absolute Gasteiger partial charge is 0.497 e. The summed E-state index contributed by atoms with van der Waals surface area (Å²) in [7, 11) is 1.70. The molecule has 0 radical (unpaired) electrons. The molecular formula is C32H27NOS. The molecule has 35 heavy (non-hydrogen) atoms. The number of anilines is 3. The van der Waals surface area contributed by atoms with Crippen molar-refractivity contribution in [3.63, 3.8) is 0 Å². The van der Waals surface area contributed by atoms with Gasteiger partial charge in [-0.05, 0) is 82.4 Å². The zero-order valence-corrected chi connectivity index (χ0v) is 20.7. The summed E-state index contributed by atoms with van der Waals surface area (Å²) in [5.41, 5.74) is 9.36. The Bertz CT molecular complexity index is 1400. The molecule has 0 atom stereocenters. The Labute approximate surface area is 211 Å². The maximum absolute atomic E-state index is 5.38. The number of para-hydroxylation sites is 2. The zero-order valence-electron chi connectivity index (χ0n) is 19.9. The van der Waals surface area contributed by atoms with Gasteiger partial charge in [0.15, 0.2) is 0 Å². The van der Waals surface area contributed by atoms with E-state index in [0.29, 0.717) is 0 Å². The van der Waals surface area contributed by atoms with E-state index in [-0.39, 0.29) is 0 Å². The molecule has 0 N–H and O–H groups in total. The minimum atomic E-state index is 0.856. The molecule has 0 fully saturated rings. The number of thiophene rings is 1. The molecule has 0 saturated heterocycles. The Kier molecular flexibility index (Phi) is 6.78. The summed E-state index contributed by atoms with van der Waals surface area (Å²) in [4.78, 5) is 2.35. The molecule has 2 nitrogen and oxygen atoms in total. The van der Waals surface area contributed by atoms with Gasteiger partial charge in [0.1, 0.15) is 5.75 Å². The van der Waals surface area contributed by atoms with E-state index in [4.69, 9.17) is 4.74 Å². The van der Waals surface area contributed by atoms with Crippen molar-refractivity contribution >= 4 is 40.6 Å². The molecular weight excluding hydrogens is 446 g/mol. The van der Waals surface area contributed by atoms with Crippen LogP contribution in [-0.4, -0.2) is 7.11 Å². The molecule has 4 aromatic carbocycles. The standard InChI is InChI=1S/C32H27NOS/c1-24-7-6-10-31(27-15-19-30(34-2)20-16-27)32(24)33(28-8-4-3-5-9-28)29-17-13-25(14-18-29)11-12-26-21-22-35-23-26/h3-23H,1-2H3. The summed E-state index contributed by atoms with van der Waals surface area (Å²) >= 11 is 1.71. The maximum atomic E-state index is 5.38. The van der Waals surface area contributed by atoms with Gasteiger partial charge in [0, 0.05) is 16.9 Å².